The molecule has 0 aliphatic heterocycles. The van der Waals surface area contributed by atoms with E-state index < -0.39 is 35.4 Å². The number of carbonyl (C=O) groups is 4. The van der Waals surface area contributed by atoms with Crippen LogP contribution in [0.1, 0.15) is 110 Å². The summed E-state index contributed by atoms with van der Waals surface area (Å²) >= 11 is 3.32. The zero-order valence-electron chi connectivity index (χ0n) is 38.5. The smallest absolute Gasteiger partial charge is 0.347 e. The maximum Gasteiger partial charge on any atom is 0.347 e. The van der Waals surface area contributed by atoms with Gasteiger partial charge in [-0.25, -0.2) is 19.2 Å². The van der Waals surface area contributed by atoms with Crippen molar-refractivity contribution in [1.29, 1.82) is 0 Å². The number of phenols is 2. The van der Waals surface area contributed by atoms with Gasteiger partial charge in [-0.2, -0.15) is 0 Å². The summed E-state index contributed by atoms with van der Waals surface area (Å²) in [6.07, 6.45) is 0.423. The van der Waals surface area contributed by atoms with Crippen LogP contribution >= 0.6 is 15.9 Å². The molecule has 6 aromatic rings. The average molecular weight is 960 g/mol. The molecule has 0 heterocycles. The first-order chi connectivity index (χ1) is 31.4. The number of methoxy groups -OCH3 is 1. The molecule has 0 atom stereocenters. The molecule has 6 rings (SSSR count). The molecule has 0 aliphatic carbocycles. The number of hydrogen-bond donors (Lipinski definition) is 2. The second-order valence-electron chi connectivity index (χ2n) is 15.9. The lowest BCUT2D eigenvalue weighted by atomic mass is 9.91. The largest absolute Gasteiger partial charge is 0.507 e. The van der Waals surface area contributed by atoms with E-state index in [1.807, 2.05) is 67.6 Å². The van der Waals surface area contributed by atoms with Gasteiger partial charge in [0.25, 0.3) is 0 Å². The van der Waals surface area contributed by atoms with E-state index >= 15 is 0 Å². The molecule has 0 saturated carbocycles. The van der Waals surface area contributed by atoms with E-state index in [4.69, 9.17) is 28.4 Å². The Balaban J connectivity index is 1.21. The standard InChI is InChI=1S/C53H51BrO12/c1-11-38-33(8)43(50(57)63-26-36-20-16-13-17-21-36)29(4)31(6)48(38)65-52(59)42-28(3)23-39(34(9)46(42)55)64-53(60)44-30(5)32(7)49(45(54)47(44)56)66-51(58)41-27(2)22-37(24-40(41)61-10)62-25-35-18-14-12-15-19-35/h12-24,55-56H,11,25-26H2,1-10H3. The van der Waals surface area contributed by atoms with E-state index in [9.17, 15) is 29.4 Å². The zero-order valence-corrected chi connectivity index (χ0v) is 40.1. The predicted octanol–water partition coefficient (Wildman–Crippen LogP) is 11.5. The van der Waals surface area contributed by atoms with E-state index in [0.29, 0.717) is 57.7 Å². The fourth-order valence-electron chi connectivity index (χ4n) is 7.78. The third-order valence-electron chi connectivity index (χ3n) is 11.7. The quantitative estimate of drug-likeness (QED) is 0.0785. The van der Waals surface area contributed by atoms with Crippen LogP contribution in [0.15, 0.2) is 83.3 Å². The Hall–Kier alpha value is -7.12. The third kappa shape index (κ3) is 9.76. The second kappa shape index (κ2) is 20.4. The number of aryl methyl sites for hydroxylation is 2. The van der Waals surface area contributed by atoms with Crippen molar-refractivity contribution < 1.29 is 57.8 Å². The van der Waals surface area contributed by atoms with Gasteiger partial charge in [0.2, 0.25) is 0 Å². The number of ether oxygens (including phenoxy) is 6. The molecule has 0 unspecified atom stereocenters. The first-order valence-electron chi connectivity index (χ1n) is 21.1. The van der Waals surface area contributed by atoms with Crippen LogP contribution in [-0.4, -0.2) is 41.2 Å². The second-order valence-corrected chi connectivity index (χ2v) is 16.7. The Morgan fingerprint density at radius 1 is 0.530 bits per heavy atom. The fourth-order valence-corrected chi connectivity index (χ4v) is 8.36. The van der Waals surface area contributed by atoms with Crippen molar-refractivity contribution in [2.75, 3.05) is 7.11 Å². The number of rotatable bonds is 14. The van der Waals surface area contributed by atoms with Crippen molar-refractivity contribution in [3.05, 3.63) is 167 Å². The highest BCUT2D eigenvalue weighted by molar-refractivity contribution is 9.10. The average Bonchev–Trinajstić information content (AvgIpc) is 3.29. The molecule has 6 aromatic carbocycles. The van der Waals surface area contributed by atoms with E-state index in [-0.39, 0.29) is 67.5 Å². The first kappa shape index (κ1) is 48.3. The number of halogens is 1. The van der Waals surface area contributed by atoms with Gasteiger partial charge in [-0.3, -0.25) is 0 Å². The molecule has 0 amide bonds. The summed E-state index contributed by atoms with van der Waals surface area (Å²) in [6, 6.07) is 23.7. The van der Waals surface area contributed by atoms with Crippen LogP contribution < -0.4 is 23.7 Å². The van der Waals surface area contributed by atoms with Gasteiger partial charge >= 0.3 is 23.9 Å². The van der Waals surface area contributed by atoms with Crippen LogP contribution in [0.5, 0.6) is 40.2 Å². The number of carbonyl (C=O) groups excluding carboxylic acids is 4. The number of esters is 4. The topological polar surface area (TPSA) is 164 Å². The molecule has 0 spiro atoms. The maximum absolute atomic E-state index is 13.9. The van der Waals surface area contributed by atoms with E-state index in [1.54, 1.807) is 60.6 Å². The van der Waals surface area contributed by atoms with Gasteiger partial charge in [-0.1, -0.05) is 67.6 Å². The van der Waals surface area contributed by atoms with Crippen LogP contribution in [0.2, 0.25) is 0 Å². The summed E-state index contributed by atoms with van der Waals surface area (Å²) in [6.45, 7) is 15.5. The summed E-state index contributed by atoms with van der Waals surface area (Å²) in [7, 11) is 1.42. The minimum absolute atomic E-state index is 0.0329. The van der Waals surface area contributed by atoms with Crippen molar-refractivity contribution in [3.63, 3.8) is 0 Å². The molecular formula is C53H51BrO12. The molecule has 0 fully saturated rings. The molecule has 2 N–H and O–H groups in total. The molecule has 13 heteroatoms. The summed E-state index contributed by atoms with van der Waals surface area (Å²) in [5, 5.41) is 22.9. The van der Waals surface area contributed by atoms with Crippen molar-refractivity contribution in [3.8, 4) is 40.2 Å². The summed E-state index contributed by atoms with van der Waals surface area (Å²) in [5.41, 5.74) is 5.74. The highest BCUT2D eigenvalue weighted by Gasteiger charge is 2.31. The van der Waals surface area contributed by atoms with Crippen molar-refractivity contribution in [1.82, 2.24) is 0 Å². The maximum atomic E-state index is 13.9. The molecular weight excluding hydrogens is 908 g/mol. The van der Waals surface area contributed by atoms with Crippen molar-refractivity contribution in [2.24, 2.45) is 0 Å². The summed E-state index contributed by atoms with van der Waals surface area (Å²) in [5.74, 6) is -3.30. The zero-order chi connectivity index (χ0) is 48.1. The Morgan fingerprint density at radius 3 is 1.67 bits per heavy atom. The lowest BCUT2D eigenvalue weighted by Crippen LogP contribution is -2.18. The summed E-state index contributed by atoms with van der Waals surface area (Å²) < 4.78 is 34.7. The number of aromatic hydroxyl groups is 2. The van der Waals surface area contributed by atoms with Crippen LogP contribution in [-0.2, 0) is 24.4 Å². The van der Waals surface area contributed by atoms with E-state index in [0.717, 1.165) is 11.1 Å². The highest BCUT2D eigenvalue weighted by Crippen LogP contribution is 2.44. The van der Waals surface area contributed by atoms with Crippen LogP contribution in [0, 0.1) is 55.4 Å². The number of phenolic OH excluding ortho intramolecular Hbond substituents is 2. The molecule has 0 bridgehead atoms. The monoisotopic (exact) mass is 958 g/mol. The van der Waals surface area contributed by atoms with Gasteiger partial charge in [-0.05, 0) is 146 Å². The normalized spacial score (nSPS) is 10.9. The van der Waals surface area contributed by atoms with Gasteiger partial charge in [0, 0.05) is 11.6 Å². The Morgan fingerprint density at radius 2 is 1.06 bits per heavy atom. The Bertz CT molecular complexity index is 2860. The molecule has 0 radical (unpaired) electrons. The van der Waals surface area contributed by atoms with Gasteiger partial charge < -0.3 is 38.6 Å². The van der Waals surface area contributed by atoms with Gasteiger partial charge in [0.05, 0.1) is 12.7 Å². The molecule has 0 aliphatic rings. The number of hydrogen-bond acceptors (Lipinski definition) is 12. The van der Waals surface area contributed by atoms with Crippen LogP contribution in [0.3, 0.4) is 0 Å². The minimum atomic E-state index is -0.982. The van der Waals surface area contributed by atoms with Gasteiger partial charge in [0.15, 0.2) is 5.75 Å². The molecule has 12 nitrogen and oxygen atoms in total. The molecule has 0 aromatic heterocycles. The predicted molar refractivity (Wildman–Crippen MR) is 252 cm³/mol. The Labute approximate surface area is 392 Å². The van der Waals surface area contributed by atoms with Gasteiger partial charge in [-0.15, -0.1) is 0 Å². The lowest BCUT2D eigenvalue weighted by Gasteiger charge is -2.21. The molecule has 66 heavy (non-hydrogen) atoms. The Kier molecular flexibility index (Phi) is 14.9. The lowest BCUT2D eigenvalue weighted by molar-refractivity contribution is 0.0470. The van der Waals surface area contributed by atoms with Crippen LogP contribution in [0.25, 0.3) is 0 Å². The molecule has 342 valence electrons. The number of benzene rings is 6. The van der Waals surface area contributed by atoms with Crippen molar-refractivity contribution >= 4 is 39.8 Å². The molecule has 0 saturated heterocycles. The van der Waals surface area contributed by atoms with Crippen LogP contribution in [0.4, 0.5) is 0 Å². The first-order valence-corrected chi connectivity index (χ1v) is 21.9. The third-order valence-corrected chi connectivity index (χ3v) is 12.5. The van der Waals surface area contributed by atoms with Crippen molar-refractivity contribution in [2.45, 2.75) is 81.9 Å². The van der Waals surface area contributed by atoms with Gasteiger partial charge in [0.1, 0.15) is 68.9 Å². The van der Waals surface area contributed by atoms with E-state index in [2.05, 4.69) is 15.9 Å². The summed E-state index contributed by atoms with van der Waals surface area (Å²) in [4.78, 5) is 54.9. The highest BCUT2D eigenvalue weighted by atomic mass is 79.9. The van der Waals surface area contributed by atoms with E-state index in [1.165, 1.54) is 20.1 Å². The fraction of sp³-hybridized carbons (Fsp3) is 0.245. The minimum Gasteiger partial charge on any atom is -0.507 e. The SMILES string of the molecule is CCc1c(C)c(C(=O)OCc2ccccc2)c(C)c(C)c1OC(=O)c1c(C)cc(OC(=O)c2c(C)c(C)c(OC(=O)c3c(C)cc(OCc4ccccc4)cc3OC)c(Br)c2O)c(C)c1O.